The fourth-order valence-electron chi connectivity index (χ4n) is 2.44. The molecule has 1 heterocycles. The van der Waals surface area contributed by atoms with Gasteiger partial charge < -0.3 is 10.0 Å². The van der Waals surface area contributed by atoms with Crippen LogP contribution in [0.25, 0.3) is 0 Å². The van der Waals surface area contributed by atoms with E-state index in [1.165, 1.54) is 4.90 Å². The first-order chi connectivity index (χ1) is 9.91. The average molecular weight is 309 g/mol. The molecule has 114 valence electrons. The summed E-state index contributed by atoms with van der Waals surface area (Å²) in [6.07, 6.45) is 1.20. The molecule has 0 unspecified atom stereocenters. The van der Waals surface area contributed by atoms with Crippen molar-refractivity contribution in [1.29, 1.82) is 0 Å². The molecule has 1 saturated heterocycles. The van der Waals surface area contributed by atoms with Crippen LogP contribution in [0.3, 0.4) is 0 Å². The van der Waals surface area contributed by atoms with Crippen LogP contribution in [0.2, 0.25) is 0 Å². The summed E-state index contributed by atoms with van der Waals surface area (Å²) >= 11 is 0. The second kappa shape index (κ2) is 6.39. The van der Waals surface area contributed by atoms with Crippen molar-refractivity contribution < 1.29 is 18.9 Å². The molecule has 0 saturated carbocycles. The molecule has 1 aromatic rings. The quantitative estimate of drug-likeness (QED) is 0.921. The van der Waals surface area contributed by atoms with E-state index in [1.54, 1.807) is 24.3 Å². The van der Waals surface area contributed by atoms with Gasteiger partial charge in [0.2, 0.25) is 0 Å². The number of hydrogen-bond donors (Lipinski definition) is 1. The van der Waals surface area contributed by atoms with Crippen molar-refractivity contribution >= 4 is 22.7 Å². The fraction of sp³-hybridized carbons (Fsp3) is 0.467. The second-order valence-corrected chi connectivity index (χ2v) is 7.37. The molecule has 1 amide bonds. The van der Waals surface area contributed by atoms with E-state index in [2.05, 4.69) is 0 Å². The normalized spacial score (nSPS) is 19.8. The van der Waals surface area contributed by atoms with Crippen molar-refractivity contribution in [2.75, 3.05) is 6.54 Å². The summed E-state index contributed by atoms with van der Waals surface area (Å²) in [5.74, 6) is -1.24. The van der Waals surface area contributed by atoms with E-state index in [1.807, 2.05) is 13.8 Å². The molecule has 1 aliphatic heterocycles. The van der Waals surface area contributed by atoms with E-state index in [0.717, 1.165) is 0 Å². The van der Waals surface area contributed by atoms with Crippen LogP contribution in [-0.4, -0.2) is 43.9 Å². The van der Waals surface area contributed by atoms with Crippen molar-refractivity contribution in [2.45, 2.75) is 42.9 Å². The summed E-state index contributed by atoms with van der Waals surface area (Å²) in [6, 6.07) is 5.86. The Kier molecular flexibility index (Phi) is 4.77. The summed E-state index contributed by atoms with van der Waals surface area (Å²) in [7, 11) is -1.09. The molecule has 0 aromatic heterocycles. The van der Waals surface area contributed by atoms with Crippen molar-refractivity contribution in [3.63, 3.8) is 0 Å². The maximum absolute atomic E-state index is 12.4. The van der Waals surface area contributed by atoms with Crippen molar-refractivity contribution in [3.05, 3.63) is 29.8 Å². The van der Waals surface area contributed by atoms with Crippen LogP contribution in [0.1, 0.15) is 37.0 Å². The molecule has 1 fully saturated rings. The number of hydrogen-bond acceptors (Lipinski definition) is 3. The van der Waals surface area contributed by atoms with Crippen LogP contribution in [0.15, 0.2) is 29.2 Å². The predicted octanol–water partition coefficient (Wildman–Crippen LogP) is 1.89. The van der Waals surface area contributed by atoms with E-state index in [-0.39, 0.29) is 11.2 Å². The molecule has 1 aromatic carbocycles. The van der Waals surface area contributed by atoms with Crippen LogP contribution in [-0.2, 0) is 15.6 Å². The standard InChI is InChI=1S/C15H19NO4S/c1-10(2)21(20)12-7-5-11(6-8-12)14(17)16-9-3-4-13(16)15(18)19/h5-8,10,13H,3-4,9H2,1-2H3,(H,18,19)/t13-,21-/m0/s1. The predicted molar refractivity (Wildman–Crippen MR) is 79.7 cm³/mol. The monoisotopic (exact) mass is 309 g/mol. The highest BCUT2D eigenvalue weighted by Gasteiger charge is 2.34. The van der Waals surface area contributed by atoms with Gasteiger partial charge in [0.15, 0.2) is 0 Å². The Morgan fingerprint density at radius 1 is 1.29 bits per heavy atom. The molecule has 5 nitrogen and oxygen atoms in total. The molecule has 0 aliphatic carbocycles. The first-order valence-electron chi connectivity index (χ1n) is 6.96. The number of carbonyl (C=O) groups is 2. The zero-order valence-electron chi connectivity index (χ0n) is 12.1. The maximum atomic E-state index is 12.4. The summed E-state index contributed by atoms with van der Waals surface area (Å²) in [6.45, 7) is 4.21. The van der Waals surface area contributed by atoms with Crippen LogP contribution in [0.4, 0.5) is 0 Å². The lowest BCUT2D eigenvalue weighted by molar-refractivity contribution is -0.141. The smallest absolute Gasteiger partial charge is 0.326 e. The van der Waals surface area contributed by atoms with Crippen molar-refractivity contribution in [3.8, 4) is 0 Å². The zero-order valence-corrected chi connectivity index (χ0v) is 12.9. The number of likely N-dealkylation sites (tertiary alicyclic amines) is 1. The number of rotatable bonds is 4. The lowest BCUT2D eigenvalue weighted by Gasteiger charge is -2.21. The number of carboxylic acids is 1. The third-order valence-electron chi connectivity index (χ3n) is 3.56. The zero-order chi connectivity index (χ0) is 15.6. The number of carboxylic acid groups (broad SMARTS) is 1. The lowest BCUT2D eigenvalue weighted by Crippen LogP contribution is -2.40. The van der Waals surface area contributed by atoms with Gasteiger partial charge in [-0.05, 0) is 37.1 Å². The molecule has 1 aliphatic rings. The van der Waals surface area contributed by atoms with Gasteiger partial charge in [0.05, 0.1) is 10.8 Å². The summed E-state index contributed by atoms with van der Waals surface area (Å²) in [5.41, 5.74) is 0.438. The average Bonchev–Trinajstić information content (AvgIpc) is 2.95. The van der Waals surface area contributed by atoms with Gasteiger partial charge in [-0.25, -0.2) is 4.79 Å². The molecule has 1 N–H and O–H groups in total. The first-order valence-corrected chi connectivity index (χ1v) is 8.17. The van der Waals surface area contributed by atoms with Gasteiger partial charge in [-0.15, -0.1) is 0 Å². The van der Waals surface area contributed by atoms with Gasteiger partial charge in [-0.2, -0.15) is 0 Å². The number of nitrogens with zero attached hydrogens (tertiary/aromatic N) is 1. The third-order valence-corrected chi connectivity index (χ3v) is 5.15. The van der Waals surface area contributed by atoms with Gasteiger partial charge in [0.25, 0.3) is 5.91 Å². The largest absolute Gasteiger partial charge is 0.480 e. The SMILES string of the molecule is CC(C)[S@](=O)c1ccc(C(=O)N2CCC[C@H]2C(=O)O)cc1. The number of aliphatic carboxylic acids is 1. The number of amides is 1. The van der Waals surface area contributed by atoms with E-state index in [4.69, 9.17) is 5.11 Å². The highest BCUT2D eigenvalue weighted by Crippen LogP contribution is 2.21. The topological polar surface area (TPSA) is 74.7 Å². The number of benzene rings is 1. The Hall–Kier alpha value is -1.69. The first kappa shape index (κ1) is 15.7. The molecule has 0 spiro atoms. The van der Waals surface area contributed by atoms with Gasteiger partial charge in [0.1, 0.15) is 6.04 Å². The third kappa shape index (κ3) is 3.32. The minimum atomic E-state index is -1.09. The molecule has 21 heavy (non-hydrogen) atoms. The lowest BCUT2D eigenvalue weighted by atomic mass is 10.1. The molecule has 2 rings (SSSR count). The van der Waals surface area contributed by atoms with Crippen LogP contribution >= 0.6 is 0 Å². The van der Waals surface area contributed by atoms with E-state index in [9.17, 15) is 13.8 Å². The Labute approximate surface area is 126 Å². The van der Waals surface area contributed by atoms with Crippen molar-refractivity contribution in [2.24, 2.45) is 0 Å². The van der Waals surface area contributed by atoms with Gasteiger partial charge in [-0.1, -0.05) is 13.8 Å². The van der Waals surface area contributed by atoms with E-state index >= 15 is 0 Å². The molecule has 0 radical (unpaired) electrons. The Morgan fingerprint density at radius 2 is 1.90 bits per heavy atom. The second-order valence-electron chi connectivity index (χ2n) is 5.37. The van der Waals surface area contributed by atoms with Crippen LogP contribution < -0.4 is 0 Å². The summed E-state index contributed by atoms with van der Waals surface area (Å²) < 4.78 is 12.0. The van der Waals surface area contributed by atoms with Crippen LogP contribution in [0, 0.1) is 0 Å². The minimum Gasteiger partial charge on any atom is -0.480 e. The Balaban J connectivity index is 2.17. The molecule has 6 heteroatoms. The highest BCUT2D eigenvalue weighted by molar-refractivity contribution is 7.85. The van der Waals surface area contributed by atoms with Crippen molar-refractivity contribution in [1.82, 2.24) is 4.90 Å². The summed E-state index contributed by atoms with van der Waals surface area (Å²) in [5, 5.41) is 9.14. The number of carbonyl (C=O) groups excluding carboxylic acids is 1. The van der Waals surface area contributed by atoms with E-state index in [0.29, 0.717) is 29.8 Å². The summed E-state index contributed by atoms with van der Waals surface area (Å²) in [4.78, 5) is 25.6. The Morgan fingerprint density at radius 3 is 2.43 bits per heavy atom. The van der Waals surface area contributed by atoms with Gasteiger partial charge in [0, 0.05) is 22.3 Å². The maximum Gasteiger partial charge on any atom is 0.326 e. The molecule has 0 bridgehead atoms. The highest BCUT2D eigenvalue weighted by atomic mass is 32.2. The van der Waals surface area contributed by atoms with Gasteiger partial charge in [-0.3, -0.25) is 9.00 Å². The minimum absolute atomic E-state index is 0.0153. The van der Waals surface area contributed by atoms with E-state index < -0.39 is 22.8 Å². The molecular formula is C15H19NO4S. The fourth-order valence-corrected chi connectivity index (χ4v) is 3.38. The van der Waals surface area contributed by atoms with Crippen LogP contribution in [0.5, 0.6) is 0 Å². The van der Waals surface area contributed by atoms with Gasteiger partial charge >= 0.3 is 5.97 Å². The Bertz CT molecular complexity index is 568. The molecule has 2 atom stereocenters. The molecular weight excluding hydrogens is 290 g/mol.